The van der Waals surface area contributed by atoms with E-state index in [-0.39, 0.29) is 0 Å². The maximum absolute atomic E-state index is 9.11. The van der Waals surface area contributed by atoms with E-state index < -0.39 is 0 Å². The molecule has 0 atom stereocenters. The Morgan fingerprint density at radius 3 is 2.50 bits per heavy atom. The topological polar surface area (TPSA) is 41.8 Å². The molecule has 1 aromatic rings. The summed E-state index contributed by atoms with van der Waals surface area (Å²) in [5.41, 5.74) is 1.60. The third kappa shape index (κ3) is 3.53. The number of nitrogens with zero attached hydrogens (tertiary/aromatic N) is 1. The van der Waals surface area contributed by atoms with Crippen molar-refractivity contribution in [2.75, 3.05) is 0 Å². The zero-order valence-corrected chi connectivity index (χ0v) is 12.5. The molecule has 3 nitrogen and oxygen atoms in total. The smallest absolute Gasteiger partial charge is 0.128 e. The van der Waals surface area contributed by atoms with E-state index in [2.05, 4.69) is 12.1 Å². The van der Waals surface area contributed by atoms with Crippen molar-refractivity contribution >= 4 is 5.71 Å². The van der Waals surface area contributed by atoms with Crippen molar-refractivity contribution in [2.24, 2.45) is 11.1 Å². The molecule has 0 heterocycles. The van der Waals surface area contributed by atoms with Crippen molar-refractivity contribution in [3.8, 4) is 5.75 Å². The second kappa shape index (κ2) is 7.32. The van der Waals surface area contributed by atoms with Crippen LogP contribution >= 0.6 is 0 Å². The molecule has 2 rings (SSSR count). The molecule has 1 fully saturated rings. The number of rotatable bonds is 5. The highest BCUT2D eigenvalue weighted by Gasteiger charge is 2.22. The average molecular weight is 275 g/mol. The van der Waals surface area contributed by atoms with Gasteiger partial charge in [0.1, 0.15) is 5.75 Å². The standard InChI is InChI=1S/C17H25NO2/c1-3-13-9-11-14(12-10-13)20-17-8-6-5-7-15(17)16(4-2)18-19/h5-8,13-14,19H,3-4,9-12H2,1-2H3. The summed E-state index contributed by atoms with van der Waals surface area (Å²) in [5.74, 6) is 1.72. The fourth-order valence-corrected chi connectivity index (χ4v) is 2.96. The molecule has 1 aliphatic rings. The molecule has 0 aliphatic heterocycles. The monoisotopic (exact) mass is 275 g/mol. The second-order valence-electron chi connectivity index (χ2n) is 5.57. The van der Waals surface area contributed by atoms with Gasteiger partial charge in [0.05, 0.1) is 11.8 Å². The summed E-state index contributed by atoms with van der Waals surface area (Å²) in [4.78, 5) is 0. The lowest BCUT2D eigenvalue weighted by Crippen LogP contribution is -2.24. The van der Waals surface area contributed by atoms with Gasteiger partial charge in [-0.2, -0.15) is 0 Å². The van der Waals surface area contributed by atoms with Crippen molar-refractivity contribution in [1.29, 1.82) is 0 Å². The van der Waals surface area contributed by atoms with Crippen molar-refractivity contribution in [3.05, 3.63) is 29.8 Å². The summed E-state index contributed by atoms with van der Waals surface area (Å²) in [6.07, 6.45) is 7.06. The molecule has 0 amide bonds. The van der Waals surface area contributed by atoms with Crippen LogP contribution in [0.3, 0.4) is 0 Å². The van der Waals surface area contributed by atoms with E-state index in [4.69, 9.17) is 9.94 Å². The van der Waals surface area contributed by atoms with Crippen LogP contribution in [0.15, 0.2) is 29.4 Å². The SMILES string of the molecule is CCC(=NO)c1ccccc1OC1CCC(CC)CC1. The summed E-state index contributed by atoms with van der Waals surface area (Å²) in [6.45, 7) is 4.25. The van der Waals surface area contributed by atoms with Crippen LogP contribution in [-0.4, -0.2) is 17.0 Å². The molecule has 1 N–H and O–H groups in total. The largest absolute Gasteiger partial charge is 0.490 e. The van der Waals surface area contributed by atoms with Crippen LogP contribution in [-0.2, 0) is 0 Å². The highest BCUT2D eigenvalue weighted by molar-refractivity contribution is 6.02. The normalized spacial score (nSPS) is 23.6. The van der Waals surface area contributed by atoms with Gasteiger partial charge in [0.2, 0.25) is 0 Å². The van der Waals surface area contributed by atoms with Gasteiger partial charge in [0.25, 0.3) is 0 Å². The molecule has 110 valence electrons. The predicted octanol–water partition coefficient (Wildman–Crippen LogP) is 4.62. The molecule has 0 aromatic heterocycles. The lowest BCUT2D eigenvalue weighted by molar-refractivity contribution is 0.129. The summed E-state index contributed by atoms with van der Waals surface area (Å²) in [6, 6.07) is 7.87. The fourth-order valence-electron chi connectivity index (χ4n) is 2.96. The van der Waals surface area contributed by atoms with Crippen molar-refractivity contribution in [3.63, 3.8) is 0 Å². The third-order valence-electron chi connectivity index (χ3n) is 4.32. The van der Waals surface area contributed by atoms with E-state index >= 15 is 0 Å². The molecule has 1 saturated carbocycles. The Hall–Kier alpha value is -1.51. The van der Waals surface area contributed by atoms with E-state index in [9.17, 15) is 0 Å². The van der Waals surface area contributed by atoms with Crippen LogP contribution in [0.2, 0.25) is 0 Å². The van der Waals surface area contributed by atoms with E-state index in [1.165, 1.54) is 19.3 Å². The summed E-state index contributed by atoms with van der Waals surface area (Å²) < 4.78 is 6.17. The van der Waals surface area contributed by atoms with Gasteiger partial charge in [0, 0.05) is 5.56 Å². The maximum atomic E-state index is 9.11. The van der Waals surface area contributed by atoms with E-state index in [0.717, 1.165) is 30.1 Å². The number of hydrogen-bond donors (Lipinski definition) is 1. The second-order valence-corrected chi connectivity index (χ2v) is 5.57. The van der Waals surface area contributed by atoms with Gasteiger partial charge in [-0.05, 0) is 50.2 Å². The molecular formula is C17H25NO2. The van der Waals surface area contributed by atoms with Crippen molar-refractivity contribution < 1.29 is 9.94 Å². The first-order valence-electron chi connectivity index (χ1n) is 7.75. The molecule has 0 bridgehead atoms. The molecule has 20 heavy (non-hydrogen) atoms. The fraction of sp³-hybridized carbons (Fsp3) is 0.588. The van der Waals surface area contributed by atoms with Crippen LogP contribution in [0.5, 0.6) is 5.75 Å². The Morgan fingerprint density at radius 2 is 1.90 bits per heavy atom. The maximum Gasteiger partial charge on any atom is 0.128 e. The summed E-state index contributed by atoms with van der Waals surface area (Å²) in [7, 11) is 0. The molecule has 1 aliphatic carbocycles. The van der Waals surface area contributed by atoms with Gasteiger partial charge in [0.15, 0.2) is 0 Å². The average Bonchev–Trinajstić information content (AvgIpc) is 2.51. The minimum absolute atomic E-state index is 0.302. The number of oxime groups is 1. The van der Waals surface area contributed by atoms with Crippen LogP contribution in [0, 0.1) is 5.92 Å². The molecular weight excluding hydrogens is 250 g/mol. The van der Waals surface area contributed by atoms with Gasteiger partial charge in [-0.1, -0.05) is 37.6 Å². The lowest BCUT2D eigenvalue weighted by atomic mass is 9.86. The van der Waals surface area contributed by atoms with Crippen LogP contribution in [0.25, 0.3) is 0 Å². The molecule has 3 heteroatoms. The number of benzene rings is 1. The Kier molecular flexibility index (Phi) is 5.45. The number of hydrogen-bond acceptors (Lipinski definition) is 3. The predicted molar refractivity (Wildman–Crippen MR) is 81.7 cm³/mol. The number of para-hydroxylation sites is 1. The lowest BCUT2D eigenvalue weighted by Gasteiger charge is -2.29. The quantitative estimate of drug-likeness (QED) is 0.484. The minimum Gasteiger partial charge on any atom is -0.490 e. The van der Waals surface area contributed by atoms with Gasteiger partial charge >= 0.3 is 0 Å². The zero-order chi connectivity index (χ0) is 14.4. The summed E-state index contributed by atoms with van der Waals surface area (Å²) >= 11 is 0. The Bertz CT molecular complexity index is 448. The third-order valence-corrected chi connectivity index (χ3v) is 4.32. The van der Waals surface area contributed by atoms with E-state index in [1.54, 1.807) is 0 Å². The minimum atomic E-state index is 0.302. The highest BCUT2D eigenvalue weighted by Crippen LogP contribution is 2.30. The van der Waals surface area contributed by atoms with E-state index in [0.29, 0.717) is 18.2 Å². The van der Waals surface area contributed by atoms with Gasteiger partial charge in [-0.15, -0.1) is 0 Å². The van der Waals surface area contributed by atoms with Crippen LogP contribution < -0.4 is 4.74 Å². The Morgan fingerprint density at radius 1 is 1.20 bits per heavy atom. The molecule has 0 unspecified atom stereocenters. The molecule has 0 radical (unpaired) electrons. The molecule has 1 aromatic carbocycles. The number of ether oxygens (including phenoxy) is 1. The molecule has 0 saturated heterocycles. The Balaban J connectivity index is 2.06. The van der Waals surface area contributed by atoms with Gasteiger partial charge in [-0.25, -0.2) is 0 Å². The Labute approximate surface area is 121 Å². The zero-order valence-electron chi connectivity index (χ0n) is 12.5. The first-order chi connectivity index (χ1) is 9.78. The van der Waals surface area contributed by atoms with Crippen molar-refractivity contribution in [1.82, 2.24) is 0 Å². The molecule has 0 spiro atoms. The first-order valence-corrected chi connectivity index (χ1v) is 7.75. The highest BCUT2D eigenvalue weighted by atomic mass is 16.5. The first kappa shape index (κ1) is 14.9. The van der Waals surface area contributed by atoms with Crippen molar-refractivity contribution in [2.45, 2.75) is 58.5 Å². The van der Waals surface area contributed by atoms with Gasteiger partial charge < -0.3 is 9.94 Å². The van der Waals surface area contributed by atoms with Crippen LogP contribution in [0.4, 0.5) is 0 Å². The summed E-state index contributed by atoms with van der Waals surface area (Å²) in [5, 5.41) is 12.5. The van der Waals surface area contributed by atoms with Crippen LogP contribution in [0.1, 0.15) is 57.9 Å². The van der Waals surface area contributed by atoms with E-state index in [1.807, 2.05) is 31.2 Å². The van der Waals surface area contributed by atoms with Gasteiger partial charge in [-0.3, -0.25) is 0 Å².